The van der Waals surface area contributed by atoms with E-state index in [0.29, 0.717) is 27.6 Å². The van der Waals surface area contributed by atoms with Crippen LogP contribution in [0.5, 0.6) is 11.5 Å². The molecule has 0 aliphatic heterocycles. The number of methoxy groups -OCH3 is 1. The van der Waals surface area contributed by atoms with Crippen LogP contribution in [0.25, 0.3) is 17.0 Å². The number of benzene rings is 3. The Bertz CT molecular complexity index is 1410. The van der Waals surface area contributed by atoms with Gasteiger partial charge in [-0.25, -0.2) is 0 Å². The zero-order valence-electron chi connectivity index (χ0n) is 18.2. The minimum atomic E-state index is -0.328. The van der Waals surface area contributed by atoms with Gasteiger partial charge in [-0.15, -0.1) is 0 Å². The molecule has 1 aromatic heterocycles. The molecule has 0 aliphatic carbocycles. The van der Waals surface area contributed by atoms with Crippen molar-refractivity contribution in [2.75, 3.05) is 7.11 Å². The van der Waals surface area contributed by atoms with Crippen LogP contribution >= 0.6 is 11.6 Å². The van der Waals surface area contributed by atoms with Crippen LogP contribution in [0.4, 0.5) is 0 Å². The lowest BCUT2D eigenvalue weighted by atomic mass is 9.99. The predicted octanol–water partition coefficient (Wildman–Crippen LogP) is 6.51. The van der Waals surface area contributed by atoms with Crippen LogP contribution in [0.1, 0.15) is 27.2 Å². The van der Waals surface area contributed by atoms with Gasteiger partial charge >= 0.3 is 0 Å². The Morgan fingerprint density at radius 3 is 2.61 bits per heavy atom. The van der Waals surface area contributed by atoms with E-state index < -0.39 is 0 Å². The summed E-state index contributed by atoms with van der Waals surface area (Å²) in [6.07, 6.45) is 1.56. The summed E-state index contributed by atoms with van der Waals surface area (Å²) in [6, 6.07) is 22.3. The van der Waals surface area contributed by atoms with Gasteiger partial charge in [-0.2, -0.15) is 5.26 Å². The van der Waals surface area contributed by atoms with Crippen LogP contribution in [-0.4, -0.2) is 17.9 Å². The lowest BCUT2D eigenvalue weighted by molar-refractivity contribution is 0.104. The fraction of sp³-hybridized carbons (Fsp3) is 0.111. The molecule has 5 nitrogen and oxygen atoms in total. The zero-order chi connectivity index (χ0) is 23.4. The van der Waals surface area contributed by atoms with Crippen molar-refractivity contribution in [1.29, 1.82) is 5.26 Å². The van der Waals surface area contributed by atoms with E-state index in [-0.39, 0.29) is 18.0 Å². The summed E-state index contributed by atoms with van der Waals surface area (Å²) < 4.78 is 11.4. The number of aromatic amines is 1. The van der Waals surface area contributed by atoms with Gasteiger partial charge < -0.3 is 14.5 Å². The summed E-state index contributed by atoms with van der Waals surface area (Å²) in [5, 5.41) is 11.1. The highest BCUT2D eigenvalue weighted by molar-refractivity contribution is 6.31. The number of fused-ring (bicyclic) bond motifs is 1. The van der Waals surface area contributed by atoms with E-state index in [0.717, 1.165) is 22.2 Å². The fourth-order valence-corrected chi connectivity index (χ4v) is 3.87. The number of hydrogen-bond acceptors (Lipinski definition) is 4. The summed E-state index contributed by atoms with van der Waals surface area (Å²) in [5.74, 6) is 0.696. The Labute approximate surface area is 196 Å². The number of para-hydroxylation sites is 1. The van der Waals surface area contributed by atoms with Crippen molar-refractivity contribution >= 4 is 34.4 Å². The maximum atomic E-state index is 13.2. The highest BCUT2D eigenvalue weighted by atomic mass is 35.5. The zero-order valence-corrected chi connectivity index (χ0v) is 18.9. The van der Waals surface area contributed by atoms with Gasteiger partial charge in [-0.05, 0) is 42.8 Å². The predicted molar refractivity (Wildman–Crippen MR) is 130 cm³/mol. The van der Waals surface area contributed by atoms with Crippen LogP contribution in [0.2, 0.25) is 5.02 Å². The summed E-state index contributed by atoms with van der Waals surface area (Å²) in [7, 11) is 1.54. The van der Waals surface area contributed by atoms with Crippen LogP contribution < -0.4 is 9.47 Å². The number of aryl methyl sites for hydroxylation is 1. The molecule has 0 amide bonds. The molecular formula is C27H21ClN2O3. The van der Waals surface area contributed by atoms with E-state index in [1.165, 1.54) is 7.11 Å². The number of ketones is 1. The van der Waals surface area contributed by atoms with Gasteiger partial charge in [-0.1, -0.05) is 54.1 Å². The Kier molecular flexibility index (Phi) is 6.48. The van der Waals surface area contributed by atoms with E-state index in [2.05, 4.69) is 4.98 Å². The molecule has 0 spiro atoms. The van der Waals surface area contributed by atoms with Crippen molar-refractivity contribution in [3.8, 4) is 17.6 Å². The fourth-order valence-electron chi connectivity index (χ4n) is 3.68. The molecule has 4 aromatic rings. The van der Waals surface area contributed by atoms with Gasteiger partial charge in [0.2, 0.25) is 5.78 Å². The number of nitriles is 1. The first kappa shape index (κ1) is 22.2. The Morgan fingerprint density at radius 1 is 1.09 bits per heavy atom. The molecule has 0 atom stereocenters. The van der Waals surface area contributed by atoms with Crippen molar-refractivity contribution in [3.63, 3.8) is 0 Å². The number of carbonyl (C=O) groups excluding carboxylic acids is 1. The minimum Gasteiger partial charge on any atom is -0.493 e. The van der Waals surface area contributed by atoms with Crippen molar-refractivity contribution in [3.05, 3.63) is 99.7 Å². The number of Topliss-reactive ketones (excluding diaryl/α,β-unsaturated/α-hetero) is 1. The number of ether oxygens (including phenoxy) is 2. The molecule has 0 unspecified atom stereocenters. The number of rotatable bonds is 7. The minimum absolute atomic E-state index is 0.0367. The van der Waals surface area contributed by atoms with Gasteiger partial charge in [0.05, 0.1) is 12.7 Å². The number of hydrogen-bond donors (Lipinski definition) is 1. The van der Waals surface area contributed by atoms with Crippen LogP contribution in [0.15, 0.2) is 72.3 Å². The topological polar surface area (TPSA) is 75.1 Å². The summed E-state index contributed by atoms with van der Waals surface area (Å²) >= 11 is 6.20. The van der Waals surface area contributed by atoms with Crippen LogP contribution in [0.3, 0.4) is 0 Å². The van der Waals surface area contributed by atoms with Crippen LogP contribution in [0, 0.1) is 18.3 Å². The van der Waals surface area contributed by atoms with E-state index in [1.807, 2.05) is 55.5 Å². The molecular weight excluding hydrogens is 436 g/mol. The van der Waals surface area contributed by atoms with E-state index in [1.54, 1.807) is 30.3 Å². The second kappa shape index (κ2) is 9.64. The summed E-state index contributed by atoms with van der Waals surface area (Å²) in [5.41, 5.74) is 3.64. The smallest absolute Gasteiger partial charge is 0.205 e. The molecule has 6 heteroatoms. The van der Waals surface area contributed by atoms with E-state index in [4.69, 9.17) is 21.1 Å². The number of aromatic nitrogens is 1. The number of nitrogens with zero attached hydrogens (tertiary/aromatic N) is 1. The molecule has 33 heavy (non-hydrogen) atoms. The van der Waals surface area contributed by atoms with Gasteiger partial charge in [0.25, 0.3) is 0 Å². The lowest BCUT2D eigenvalue weighted by Gasteiger charge is -2.12. The molecule has 1 N–H and O–H groups in total. The average Bonchev–Trinajstić information content (AvgIpc) is 3.17. The molecule has 0 saturated heterocycles. The normalized spacial score (nSPS) is 11.3. The Morgan fingerprint density at radius 2 is 1.85 bits per heavy atom. The number of H-pyrrole nitrogens is 1. The standard InChI is InChI=1S/C27H21ClN2O3/c1-17-26(21-8-4-6-10-23(21)30-17)27(31)20(15-29)13-18-11-12-24(25(14-18)32-2)33-16-19-7-3-5-9-22(19)28/h3-14,30H,16H2,1-2H3. The Hall–Kier alpha value is -4.01. The van der Waals surface area contributed by atoms with Crippen LogP contribution in [-0.2, 0) is 6.61 Å². The number of nitrogens with one attached hydrogen (secondary N) is 1. The molecule has 0 aliphatic rings. The molecule has 3 aromatic carbocycles. The monoisotopic (exact) mass is 456 g/mol. The second-order valence-corrected chi connectivity index (χ2v) is 7.87. The average molecular weight is 457 g/mol. The molecule has 0 fully saturated rings. The van der Waals surface area contributed by atoms with Gasteiger partial charge in [0.15, 0.2) is 11.5 Å². The first-order valence-electron chi connectivity index (χ1n) is 10.3. The molecule has 0 bridgehead atoms. The molecule has 1 heterocycles. The third-order valence-corrected chi connectivity index (χ3v) is 5.69. The molecule has 0 radical (unpaired) electrons. The highest BCUT2D eigenvalue weighted by Gasteiger charge is 2.20. The first-order chi connectivity index (χ1) is 16.0. The van der Waals surface area contributed by atoms with E-state index in [9.17, 15) is 10.1 Å². The highest BCUT2D eigenvalue weighted by Crippen LogP contribution is 2.31. The summed E-state index contributed by atoms with van der Waals surface area (Å²) in [6.45, 7) is 2.11. The SMILES string of the molecule is COc1cc(C=C(C#N)C(=O)c2c(C)[nH]c3ccccc23)ccc1OCc1ccccc1Cl. The van der Waals surface area contributed by atoms with Gasteiger partial charge in [0.1, 0.15) is 18.2 Å². The van der Waals surface area contributed by atoms with Gasteiger partial charge in [-0.3, -0.25) is 4.79 Å². The van der Waals surface area contributed by atoms with Crippen molar-refractivity contribution in [2.45, 2.75) is 13.5 Å². The number of allylic oxidation sites excluding steroid dienone is 1. The number of carbonyl (C=O) groups is 1. The molecule has 0 saturated carbocycles. The number of halogens is 1. The maximum absolute atomic E-state index is 13.2. The first-order valence-corrected chi connectivity index (χ1v) is 10.7. The van der Waals surface area contributed by atoms with E-state index >= 15 is 0 Å². The van der Waals surface area contributed by atoms with Crippen molar-refractivity contribution < 1.29 is 14.3 Å². The van der Waals surface area contributed by atoms with Crippen molar-refractivity contribution in [1.82, 2.24) is 4.98 Å². The second-order valence-electron chi connectivity index (χ2n) is 7.46. The quantitative estimate of drug-likeness (QED) is 0.195. The molecule has 4 rings (SSSR count). The maximum Gasteiger partial charge on any atom is 0.205 e. The molecule has 164 valence electrons. The van der Waals surface area contributed by atoms with Gasteiger partial charge in [0, 0.05) is 27.2 Å². The third-order valence-electron chi connectivity index (χ3n) is 5.33. The lowest BCUT2D eigenvalue weighted by Crippen LogP contribution is -2.03. The Balaban J connectivity index is 1.62. The van der Waals surface area contributed by atoms with Crippen molar-refractivity contribution in [2.24, 2.45) is 0 Å². The largest absolute Gasteiger partial charge is 0.493 e. The summed E-state index contributed by atoms with van der Waals surface area (Å²) in [4.78, 5) is 16.4. The third kappa shape index (κ3) is 4.62.